The zero-order chi connectivity index (χ0) is 21.1. The lowest BCUT2D eigenvalue weighted by Gasteiger charge is -2.25. The number of benzene rings is 2. The van der Waals surface area contributed by atoms with Crippen molar-refractivity contribution in [2.45, 2.75) is 17.8 Å². The van der Waals surface area contributed by atoms with Gasteiger partial charge in [-0.2, -0.15) is 4.99 Å². The van der Waals surface area contributed by atoms with Crippen molar-refractivity contribution in [3.63, 3.8) is 0 Å². The third-order valence-corrected chi connectivity index (χ3v) is 8.28. The molecule has 9 heteroatoms. The number of carbonyl (C=O) groups excluding carboxylic acids is 1. The smallest absolute Gasteiger partial charge is 0.285 e. The fraction of sp³-hybridized carbons (Fsp3) is 0.333. The Morgan fingerprint density at radius 1 is 1.13 bits per heavy atom. The van der Waals surface area contributed by atoms with Crippen LogP contribution in [0.25, 0.3) is 0 Å². The minimum atomic E-state index is -3.10. The molecule has 158 valence electrons. The molecule has 2 atom stereocenters. The Morgan fingerprint density at radius 2 is 1.87 bits per heavy atom. The number of thioether (sulfide) groups is 1. The first-order valence-corrected chi connectivity index (χ1v) is 12.2. The first-order chi connectivity index (χ1) is 14.4. The second kappa shape index (κ2) is 8.69. The third-order valence-electron chi connectivity index (χ3n) is 5.03. The number of amides is 1. The predicted octanol–water partition coefficient (Wildman–Crippen LogP) is 2.37. The first-order valence-electron chi connectivity index (χ1n) is 9.50. The van der Waals surface area contributed by atoms with Crippen LogP contribution in [0.3, 0.4) is 0 Å². The van der Waals surface area contributed by atoms with E-state index >= 15 is 0 Å². The van der Waals surface area contributed by atoms with Crippen LogP contribution < -0.4 is 9.47 Å². The number of fused-ring (bicyclic) bond motifs is 1. The SMILES string of the molecule is COc1ccccc1CN1C(=NC(=O)COc2ccccc2)S[C@H]2CS(=O)(=O)C[C@H]21. The normalized spacial score (nSPS) is 23.4. The molecule has 0 N–H and O–H groups in total. The molecule has 2 aliphatic heterocycles. The second-order valence-corrected chi connectivity index (χ2v) is 10.5. The number of rotatable bonds is 6. The molecule has 0 saturated carbocycles. The predicted molar refractivity (Wildman–Crippen MR) is 117 cm³/mol. The van der Waals surface area contributed by atoms with Crippen molar-refractivity contribution in [1.82, 2.24) is 4.90 Å². The molecular formula is C21H22N2O5S2. The minimum Gasteiger partial charge on any atom is -0.496 e. The summed E-state index contributed by atoms with van der Waals surface area (Å²) in [5, 5.41) is 0.402. The van der Waals surface area contributed by atoms with Gasteiger partial charge in [0.05, 0.1) is 24.7 Å². The molecule has 2 saturated heterocycles. The average molecular weight is 447 g/mol. The molecule has 2 aromatic carbocycles. The van der Waals surface area contributed by atoms with E-state index in [1.54, 1.807) is 19.2 Å². The molecule has 30 heavy (non-hydrogen) atoms. The van der Waals surface area contributed by atoms with Gasteiger partial charge in [0.2, 0.25) is 0 Å². The molecule has 2 heterocycles. The maximum atomic E-state index is 12.4. The Bertz CT molecular complexity index is 1060. The monoisotopic (exact) mass is 446 g/mol. The van der Waals surface area contributed by atoms with E-state index in [9.17, 15) is 13.2 Å². The summed E-state index contributed by atoms with van der Waals surface area (Å²) in [6.45, 7) is 0.240. The van der Waals surface area contributed by atoms with E-state index < -0.39 is 15.7 Å². The third kappa shape index (κ3) is 4.62. The molecule has 0 unspecified atom stereocenters. The fourth-order valence-corrected chi connectivity index (χ4v) is 7.61. The zero-order valence-electron chi connectivity index (χ0n) is 16.4. The Labute approximate surface area is 180 Å². The summed E-state index contributed by atoms with van der Waals surface area (Å²) in [6, 6.07) is 16.4. The molecule has 2 aromatic rings. The summed E-state index contributed by atoms with van der Waals surface area (Å²) in [5.74, 6) is 1.06. The Kier molecular flexibility index (Phi) is 6.01. The summed E-state index contributed by atoms with van der Waals surface area (Å²) in [4.78, 5) is 18.6. The van der Waals surface area contributed by atoms with Gasteiger partial charge in [-0.1, -0.05) is 48.2 Å². The number of para-hydroxylation sites is 2. The number of nitrogens with zero attached hydrogens (tertiary/aromatic N) is 2. The highest BCUT2D eigenvalue weighted by molar-refractivity contribution is 8.15. The lowest BCUT2D eigenvalue weighted by atomic mass is 10.1. The van der Waals surface area contributed by atoms with Crippen LogP contribution in [0.2, 0.25) is 0 Å². The van der Waals surface area contributed by atoms with Crippen molar-refractivity contribution in [3.05, 3.63) is 60.2 Å². The summed E-state index contributed by atoms with van der Waals surface area (Å²) < 4.78 is 35.3. The van der Waals surface area contributed by atoms with Crippen molar-refractivity contribution in [2.75, 3.05) is 25.2 Å². The van der Waals surface area contributed by atoms with Gasteiger partial charge in [-0.15, -0.1) is 0 Å². The average Bonchev–Trinajstić information content (AvgIpc) is 3.19. The zero-order valence-corrected chi connectivity index (χ0v) is 18.1. The first kappa shape index (κ1) is 20.7. The van der Waals surface area contributed by atoms with Gasteiger partial charge >= 0.3 is 0 Å². The van der Waals surface area contributed by atoms with Gasteiger partial charge in [0, 0.05) is 17.4 Å². The molecular weight excluding hydrogens is 424 g/mol. The van der Waals surface area contributed by atoms with Crippen LogP contribution in [0.1, 0.15) is 5.56 Å². The molecule has 0 bridgehead atoms. The maximum absolute atomic E-state index is 12.4. The van der Waals surface area contributed by atoms with Gasteiger partial charge in [0.25, 0.3) is 5.91 Å². The van der Waals surface area contributed by atoms with E-state index in [1.165, 1.54) is 11.8 Å². The molecule has 0 radical (unpaired) electrons. The minimum absolute atomic E-state index is 0.0630. The summed E-state index contributed by atoms with van der Waals surface area (Å²) in [5.41, 5.74) is 0.909. The van der Waals surface area contributed by atoms with Gasteiger partial charge in [0.1, 0.15) is 11.5 Å². The van der Waals surface area contributed by atoms with Crippen molar-refractivity contribution in [3.8, 4) is 11.5 Å². The number of aliphatic imine (C=N–C) groups is 1. The van der Waals surface area contributed by atoms with Crippen LogP contribution in [0.15, 0.2) is 59.6 Å². The summed E-state index contributed by atoms with van der Waals surface area (Å²) >= 11 is 1.35. The lowest BCUT2D eigenvalue weighted by molar-refractivity contribution is -0.119. The highest BCUT2D eigenvalue weighted by Crippen LogP contribution is 2.39. The Morgan fingerprint density at radius 3 is 2.63 bits per heavy atom. The fourth-order valence-electron chi connectivity index (χ4n) is 3.64. The number of ether oxygens (including phenoxy) is 2. The standard InChI is InChI=1S/C21H22N2O5S2/c1-27-18-10-6-5-7-15(18)11-23-17-13-30(25,26)14-19(17)29-21(23)22-20(24)12-28-16-8-3-2-4-9-16/h2-10,17,19H,11-14H2,1H3/t17-,19+/m1/s1. The number of hydrogen-bond donors (Lipinski definition) is 0. The van der Waals surface area contributed by atoms with Gasteiger partial charge in [-0.05, 0) is 18.2 Å². The number of amidine groups is 1. The van der Waals surface area contributed by atoms with E-state index in [2.05, 4.69) is 4.99 Å². The molecule has 0 spiro atoms. The van der Waals surface area contributed by atoms with E-state index in [4.69, 9.17) is 9.47 Å². The lowest BCUT2D eigenvalue weighted by Crippen LogP contribution is -2.37. The van der Waals surface area contributed by atoms with Crippen molar-refractivity contribution >= 4 is 32.7 Å². The van der Waals surface area contributed by atoms with Crippen LogP contribution in [0.5, 0.6) is 11.5 Å². The molecule has 7 nitrogen and oxygen atoms in total. The van der Waals surface area contributed by atoms with Crippen molar-refractivity contribution in [2.24, 2.45) is 4.99 Å². The van der Waals surface area contributed by atoms with Gasteiger partial charge in [-0.25, -0.2) is 8.42 Å². The second-order valence-electron chi connectivity index (χ2n) is 7.13. The molecule has 2 aliphatic rings. The van der Waals surface area contributed by atoms with Crippen molar-refractivity contribution < 1.29 is 22.7 Å². The van der Waals surface area contributed by atoms with Crippen LogP contribution in [-0.4, -0.2) is 60.9 Å². The highest BCUT2D eigenvalue weighted by atomic mass is 32.2. The number of hydrogen-bond acceptors (Lipinski definition) is 6. The van der Waals surface area contributed by atoms with Crippen molar-refractivity contribution in [1.29, 1.82) is 0 Å². The van der Waals surface area contributed by atoms with Crippen LogP contribution >= 0.6 is 11.8 Å². The summed E-state index contributed by atoms with van der Waals surface area (Å²) in [6.07, 6.45) is 0. The van der Waals surface area contributed by atoms with E-state index in [-0.39, 0.29) is 29.4 Å². The largest absolute Gasteiger partial charge is 0.496 e. The van der Waals surface area contributed by atoms with Gasteiger partial charge in [0.15, 0.2) is 21.6 Å². The topological polar surface area (TPSA) is 85.3 Å². The summed E-state index contributed by atoms with van der Waals surface area (Å²) in [7, 11) is -1.51. The molecule has 0 aliphatic carbocycles. The van der Waals surface area contributed by atoms with Gasteiger partial charge < -0.3 is 14.4 Å². The Balaban J connectivity index is 1.54. The quantitative estimate of drug-likeness (QED) is 0.673. The number of methoxy groups -OCH3 is 1. The number of sulfone groups is 1. The molecule has 4 rings (SSSR count). The van der Waals surface area contributed by atoms with Crippen LogP contribution in [0, 0.1) is 0 Å². The van der Waals surface area contributed by atoms with E-state index in [0.29, 0.717) is 23.2 Å². The maximum Gasteiger partial charge on any atom is 0.285 e. The number of carbonyl (C=O) groups is 1. The van der Waals surface area contributed by atoms with Gasteiger partial charge in [-0.3, -0.25) is 4.79 Å². The Hall–Kier alpha value is -2.52. The van der Waals surface area contributed by atoms with Crippen LogP contribution in [-0.2, 0) is 21.2 Å². The van der Waals surface area contributed by atoms with E-state index in [1.807, 2.05) is 47.4 Å². The highest BCUT2D eigenvalue weighted by Gasteiger charge is 2.48. The molecule has 0 aromatic heterocycles. The van der Waals surface area contributed by atoms with Crippen LogP contribution in [0.4, 0.5) is 0 Å². The molecule has 2 fully saturated rings. The van der Waals surface area contributed by atoms with E-state index in [0.717, 1.165) is 5.56 Å². The molecule has 1 amide bonds.